The summed E-state index contributed by atoms with van der Waals surface area (Å²) in [6.45, 7) is 3.61. The fourth-order valence-corrected chi connectivity index (χ4v) is 3.88. The van der Waals surface area contributed by atoms with Crippen LogP contribution in [0.3, 0.4) is 0 Å². The number of carbonyl (C=O) groups excluding carboxylic acids is 2. The van der Waals surface area contributed by atoms with Crippen LogP contribution in [0.25, 0.3) is 33.1 Å². The minimum atomic E-state index is -0.645. The van der Waals surface area contributed by atoms with E-state index in [0.29, 0.717) is 38.7 Å². The highest BCUT2D eigenvalue weighted by molar-refractivity contribution is 6.09. The Labute approximate surface area is 199 Å². The van der Waals surface area contributed by atoms with Crippen molar-refractivity contribution in [3.8, 4) is 11.5 Å². The summed E-state index contributed by atoms with van der Waals surface area (Å²) in [4.78, 5) is 43.5. The third kappa shape index (κ3) is 4.04. The molecule has 174 valence electrons. The van der Waals surface area contributed by atoms with Crippen molar-refractivity contribution in [2.75, 3.05) is 0 Å². The fraction of sp³-hybridized carbons (Fsp3) is 0.115. The summed E-state index contributed by atoms with van der Waals surface area (Å²) in [7, 11) is 0. The van der Waals surface area contributed by atoms with Crippen molar-refractivity contribution in [2.45, 2.75) is 19.9 Å². The second kappa shape index (κ2) is 8.86. The van der Waals surface area contributed by atoms with Crippen molar-refractivity contribution < 1.29 is 14.0 Å². The molecule has 9 nitrogen and oxygen atoms in total. The first-order valence-electron chi connectivity index (χ1n) is 11.0. The highest BCUT2D eigenvalue weighted by Crippen LogP contribution is 2.25. The summed E-state index contributed by atoms with van der Waals surface area (Å²) in [6, 6.07) is 18.8. The maximum absolute atomic E-state index is 13.1. The Morgan fingerprint density at radius 3 is 2.29 bits per heavy atom. The van der Waals surface area contributed by atoms with Gasteiger partial charge in [-0.15, -0.1) is 0 Å². The van der Waals surface area contributed by atoms with Crippen LogP contribution in [0.15, 0.2) is 82.2 Å². The topological polar surface area (TPSA) is 119 Å². The molecular formula is C26H21N5O4. The van der Waals surface area contributed by atoms with E-state index in [-0.39, 0.29) is 17.3 Å². The second-order valence-corrected chi connectivity index (χ2v) is 8.20. The molecule has 9 heteroatoms. The molecule has 2 N–H and O–H groups in total. The van der Waals surface area contributed by atoms with Crippen LogP contribution in [0.1, 0.15) is 40.7 Å². The van der Waals surface area contributed by atoms with Crippen LogP contribution in [-0.4, -0.2) is 26.6 Å². The number of pyridine rings is 1. The number of hydrogen-bond donors (Lipinski definition) is 2. The molecule has 0 atom stereocenters. The van der Waals surface area contributed by atoms with E-state index in [1.165, 1.54) is 10.9 Å². The van der Waals surface area contributed by atoms with E-state index in [4.69, 9.17) is 4.42 Å². The molecule has 0 saturated carbocycles. The fourth-order valence-electron chi connectivity index (χ4n) is 3.88. The maximum Gasteiger partial charge on any atom is 0.290 e. The number of amides is 2. The lowest BCUT2D eigenvalue weighted by molar-refractivity contribution is 0.0844. The Balaban J connectivity index is 1.48. The Hall–Kier alpha value is -4.79. The van der Waals surface area contributed by atoms with E-state index in [0.717, 1.165) is 0 Å². The summed E-state index contributed by atoms with van der Waals surface area (Å²) < 4.78 is 6.70. The van der Waals surface area contributed by atoms with Gasteiger partial charge in [-0.1, -0.05) is 36.4 Å². The number of aromatic nitrogens is 3. The van der Waals surface area contributed by atoms with Crippen LogP contribution in [0, 0.1) is 0 Å². The molecule has 5 aromatic rings. The van der Waals surface area contributed by atoms with Gasteiger partial charge in [0, 0.05) is 10.8 Å². The van der Waals surface area contributed by atoms with Crippen LogP contribution in [0.5, 0.6) is 0 Å². The maximum atomic E-state index is 13.1. The summed E-state index contributed by atoms with van der Waals surface area (Å²) in [5, 5.41) is 5.65. The molecule has 0 aliphatic carbocycles. The summed E-state index contributed by atoms with van der Waals surface area (Å²) in [6.07, 6.45) is 1.53. The van der Waals surface area contributed by atoms with Gasteiger partial charge >= 0.3 is 0 Å². The van der Waals surface area contributed by atoms with E-state index in [1.807, 2.05) is 6.07 Å². The van der Waals surface area contributed by atoms with E-state index in [9.17, 15) is 14.4 Å². The number of benzene rings is 2. The predicted octanol–water partition coefficient (Wildman–Crippen LogP) is 3.86. The van der Waals surface area contributed by atoms with Gasteiger partial charge in [0.25, 0.3) is 17.4 Å². The number of carbonyl (C=O) groups is 2. The SMILES string of the molecule is CC(C)n1nc(C(=O)NNC(=O)c2cc(-c3ccco3)nc3ccccc23)c2ccccc2c1=O. The first kappa shape index (κ1) is 22.0. The van der Waals surface area contributed by atoms with Crippen LogP contribution in [0.2, 0.25) is 0 Å². The standard InChI is InChI=1S/C26H21N5O4/c1-15(2)31-26(34)18-10-4-3-9-17(18)23(30-31)25(33)29-28-24(32)19-14-21(22-12-7-13-35-22)27-20-11-6-5-8-16(19)20/h3-15H,1-2H3,(H,28,32)(H,29,33). The van der Waals surface area contributed by atoms with E-state index >= 15 is 0 Å². The van der Waals surface area contributed by atoms with Crippen molar-refractivity contribution in [1.82, 2.24) is 25.6 Å². The molecule has 0 unspecified atom stereocenters. The van der Waals surface area contributed by atoms with Crippen LogP contribution < -0.4 is 16.4 Å². The van der Waals surface area contributed by atoms with Crippen molar-refractivity contribution in [2.24, 2.45) is 0 Å². The molecule has 35 heavy (non-hydrogen) atoms. The minimum absolute atomic E-state index is 0.0325. The molecule has 0 bridgehead atoms. The highest BCUT2D eigenvalue weighted by Gasteiger charge is 2.20. The number of nitrogens with one attached hydrogen (secondary N) is 2. The number of nitrogens with zero attached hydrogens (tertiary/aromatic N) is 3. The van der Waals surface area contributed by atoms with Crippen LogP contribution >= 0.6 is 0 Å². The zero-order valence-corrected chi connectivity index (χ0v) is 19.0. The quantitative estimate of drug-likeness (QED) is 0.388. The highest BCUT2D eigenvalue weighted by atomic mass is 16.3. The Morgan fingerprint density at radius 2 is 1.57 bits per heavy atom. The van der Waals surface area contributed by atoms with Gasteiger partial charge in [-0.2, -0.15) is 5.10 Å². The van der Waals surface area contributed by atoms with Gasteiger partial charge < -0.3 is 4.42 Å². The molecule has 0 aliphatic rings. The smallest absolute Gasteiger partial charge is 0.290 e. The molecule has 0 radical (unpaired) electrons. The van der Waals surface area contributed by atoms with E-state index in [2.05, 4.69) is 20.9 Å². The van der Waals surface area contributed by atoms with Gasteiger partial charge in [-0.3, -0.25) is 25.2 Å². The zero-order valence-electron chi connectivity index (χ0n) is 19.0. The minimum Gasteiger partial charge on any atom is -0.463 e. The summed E-state index contributed by atoms with van der Waals surface area (Å²) >= 11 is 0. The van der Waals surface area contributed by atoms with Crippen molar-refractivity contribution in [3.63, 3.8) is 0 Å². The van der Waals surface area contributed by atoms with Crippen LogP contribution in [0.4, 0.5) is 0 Å². The normalized spacial score (nSPS) is 11.2. The van der Waals surface area contributed by atoms with Crippen LogP contribution in [-0.2, 0) is 0 Å². The molecular weight excluding hydrogens is 446 g/mol. The van der Waals surface area contributed by atoms with Gasteiger partial charge in [0.15, 0.2) is 11.5 Å². The lowest BCUT2D eigenvalue weighted by atomic mass is 10.1. The molecule has 3 heterocycles. The van der Waals surface area contributed by atoms with Crippen molar-refractivity contribution in [1.29, 1.82) is 0 Å². The number of fused-ring (bicyclic) bond motifs is 2. The predicted molar refractivity (Wildman–Crippen MR) is 131 cm³/mol. The number of furan rings is 1. The van der Waals surface area contributed by atoms with Gasteiger partial charge in [0.2, 0.25) is 0 Å². The third-order valence-electron chi connectivity index (χ3n) is 5.56. The first-order chi connectivity index (χ1) is 16.9. The second-order valence-electron chi connectivity index (χ2n) is 8.20. The number of para-hydroxylation sites is 1. The van der Waals surface area contributed by atoms with Crippen molar-refractivity contribution >= 4 is 33.5 Å². The lowest BCUT2D eigenvalue weighted by Gasteiger charge is -2.14. The van der Waals surface area contributed by atoms with Gasteiger partial charge in [-0.05, 0) is 44.2 Å². The number of hydrogen-bond acceptors (Lipinski definition) is 6. The lowest BCUT2D eigenvalue weighted by Crippen LogP contribution is -2.43. The van der Waals surface area contributed by atoms with Gasteiger partial charge in [0.1, 0.15) is 5.69 Å². The number of rotatable bonds is 4. The summed E-state index contributed by atoms with van der Waals surface area (Å²) in [5.41, 5.74) is 6.05. The average Bonchev–Trinajstić information content (AvgIpc) is 3.42. The zero-order chi connectivity index (χ0) is 24.5. The Kier molecular flexibility index (Phi) is 5.58. The molecule has 0 spiro atoms. The molecule has 0 fully saturated rings. The monoisotopic (exact) mass is 467 g/mol. The molecule has 0 aliphatic heterocycles. The number of hydrazine groups is 1. The molecule has 5 rings (SSSR count). The van der Waals surface area contributed by atoms with E-state index in [1.54, 1.807) is 74.5 Å². The largest absolute Gasteiger partial charge is 0.463 e. The van der Waals surface area contributed by atoms with Gasteiger partial charge in [0.05, 0.1) is 28.8 Å². The molecule has 3 aromatic heterocycles. The molecule has 2 aromatic carbocycles. The average molecular weight is 467 g/mol. The van der Waals surface area contributed by atoms with Crippen molar-refractivity contribution in [3.05, 3.63) is 94.6 Å². The van der Waals surface area contributed by atoms with E-state index < -0.39 is 11.8 Å². The Bertz CT molecular complexity index is 1640. The third-order valence-corrected chi connectivity index (χ3v) is 5.56. The first-order valence-corrected chi connectivity index (χ1v) is 11.0. The van der Waals surface area contributed by atoms with Gasteiger partial charge in [-0.25, -0.2) is 9.67 Å². The molecule has 0 saturated heterocycles. The molecule has 2 amide bonds. The Morgan fingerprint density at radius 1 is 0.886 bits per heavy atom. The summed E-state index contributed by atoms with van der Waals surface area (Å²) in [5.74, 6) is -0.666.